The van der Waals surface area contributed by atoms with Crippen LogP contribution in [0.5, 0.6) is 0 Å². The molecule has 2 rings (SSSR count). The van der Waals surface area contributed by atoms with Gasteiger partial charge in [-0.2, -0.15) is 0 Å². The minimum absolute atomic E-state index is 0.0223. The number of rotatable bonds is 2. The summed E-state index contributed by atoms with van der Waals surface area (Å²) in [5.41, 5.74) is 7.58. The molecule has 0 unspecified atom stereocenters. The van der Waals surface area contributed by atoms with Crippen molar-refractivity contribution >= 4 is 33.4 Å². The van der Waals surface area contributed by atoms with Gasteiger partial charge < -0.3 is 21.1 Å². The maximum atomic E-state index is 10.6. The summed E-state index contributed by atoms with van der Waals surface area (Å²) in [6.45, 7) is 1.47. The molecule has 4 N–H and O–H groups in total. The van der Waals surface area contributed by atoms with Gasteiger partial charge in [0.05, 0.1) is 17.4 Å². The predicted octanol–water partition coefficient (Wildman–Crippen LogP) is 1.88. The number of halogens is 1. The number of carbonyl (C=O) groups is 1. The number of hydrogen-bond acceptors (Lipinski definition) is 3. The number of benzene rings is 1. The first-order valence-electron chi connectivity index (χ1n) is 5.35. The molecule has 1 aromatic carbocycles. The van der Waals surface area contributed by atoms with Crippen molar-refractivity contribution in [3.8, 4) is 0 Å². The molecule has 1 aromatic rings. The molecule has 1 fully saturated rings. The Morgan fingerprint density at radius 3 is 3.06 bits per heavy atom. The van der Waals surface area contributed by atoms with E-state index in [2.05, 4.69) is 26.1 Å². The third kappa shape index (κ3) is 2.82. The van der Waals surface area contributed by atoms with E-state index >= 15 is 0 Å². The molecule has 0 bridgehead atoms. The highest BCUT2D eigenvalue weighted by atomic mass is 79.9. The number of hydrogen-bond donors (Lipinski definition) is 3. The third-order valence-electron chi connectivity index (χ3n) is 2.85. The van der Waals surface area contributed by atoms with E-state index in [4.69, 9.17) is 10.8 Å². The van der Waals surface area contributed by atoms with Crippen LogP contribution in [0.4, 0.5) is 16.2 Å². The minimum atomic E-state index is -0.973. The van der Waals surface area contributed by atoms with Crippen LogP contribution >= 0.6 is 15.9 Å². The second kappa shape index (κ2) is 4.83. The topological polar surface area (TPSA) is 78.6 Å². The normalized spacial score (nSPS) is 19.4. The van der Waals surface area contributed by atoms with Crippen molar-refractivity contribution in [2.24, 2.45) is 0 Å². The van der Waals surface area contributed by atoms with Crippen LogP contribution in [0.15, 0.2) is 22.7 Å². The van der Waals surface area contributed by atoms with Gasteiger partial charge in [-0.3, -0.25) is 0 Å². The van der Waals surface area contributed by atoms with E-state index in [1.165, 1.54) is 0 Å². The zero-order chi connectivity index (χ0) is 12.4. The van der Waals surface area contributed by atoms with E-state index in [9.17, 15) is 4.79 Å². The van der Waals surface area contributed by atoms with Gasteiger partial charge in [-0.1, -0.05) is 15.9 Å². The molecule has 1 saturated heterocycles. The van der Waals surface area contributed by atoms with Crippen LogP contribution in [0, 0.1) is 0 Å². The molecular formula is C11H14BrN3O2. The van der Waals surface area contributed by atoms with Crippen molar-refractivity contribution in [3.05, 3.63) is 22.7 Å². The highest BCUT2D eigenvalue weighted by molar-refractivity contribution is 9.10. The van der Waals surface area contributed by atoms with Crippen molar-refractivity contribution in [2.75, 3.05) is 23.7 Å². The first-order chi connectivity index (χ1) is 8.06. The molecule has 0 aromatic heterocycles. The molecule has 1 aliphatic heterocycles. The SMILES string of the molecule is Nc1ccc(Br)cc1N1CC[C@H](NC(=O)O)C1. The minimum Gasteiger partial charge on any atom is -0.465 e. The van der Waals surface area contributed by atoms with Gasteiger partial charge in [-0.15, -0.1) is 0 Å². The van der Waals surface area contributed by atoms with E-state index in [-0.39, 0.29) is 6.04 Å². The van der Waals surface area contributed by atoms with Gasteiger partial charge in [0.2, 0.25) is 0 Å². The highest BCUT2D eigenvalue weighted by Crippen LogP contribution is 2.29. The Morgan fingerprint density at radius 1 is 1.59 bits per heavy atom. The van der Waals surface area contributed by atoms with Crippen LogP contribution in [0.3, 0.4) is 0 Å². The predicted molar refractivity (Wildman–Crippen MR) is 70.3 cm³/mol. The summed E-state index contributed by atoms with van der Waals surface area (Å²) < 4.78 is 0.969. The molecule has 1 atom stereocenters. The smallest absolute Gasteiger partial charge is 0.404 e. The van der Waals surface area contributed by atoms with Crippen LogP contribution < -0.4 is 16.0 Å². The second-order valence-electron chi connectivity index (χ2n) is 4.08. The number of nitrogens with zero attached hydrogens (tertiary/aromatic N) is 1. The second-order valence-corrected chi connectivity index (χ2v) is 5.00. The van der Waals surface area contributed by atoms with E-state index < -0.39 is 6.09 Å². The lowest BCUT2D eigenvalue weighted by Gasteiger charge is -2.20. The molecule has 0 spiro atoms. The van der Waals surface area contributed by atoms with Gasteiger partial charge in [0.15, 0.2) is 0 Å². The molecule has 5 nitrogen and oxygen atoms in total. The summed E-state index contributed by atoms with van der Waals surface area (Å²) in [7, 11) is 0. The summed E-state index contributed by atoms with van der Waals surface area (Å²) in [5.74, 6) is 0. The van der Waals surface area contributed by atoms with Crippen LogP contribution in [-0.2, 0) is 0 Å². The van der Waals surface area contributed by atoms with Gasteiger partial charge in [0, 0.05) is 17.6 Å². The van der Waals surface area contributed by atoms with Crippen LogP contribution in [0.1, 0.15) is 6.42 Å². The molecule has 0 saturated carbocycles. The summed E-state index contributed by atoms with van der Waals surface area (Å²) in [5, 5.41) is 11.2. The molecule has 1 heterocycles. The number of nitrogens with one attached hydrogen (secondary N) is 1. The third-order valence-corrected chi connectivity index (χ3v) is 3.34. The fourth-order valence-electron chi connectivity index (χ4n) is 2.06. The van der Waals surface area contributed by atoms with Crippen LogP contribution in [-0.4, -0.2) is 30.3 Å². The van der Waals surface area contributed by atoms with Gasteiger partial charge in [0.25, 0.3) is 0 Å². The first-order valence-corrected chi connectivity index (χ1v) is 6.15. The van der Waals surface area contributed by atoms with E-state index in [0.717, 1.165) is 23.1 Å². The molecule has 6 heteroatoms. The fraction of sp³-hybridized carbons (Fsp3) is 0.364. The number of amides is 1. The van der Waals surface area contributed by atoms with Crippen molar-refractivity contribution in [3.63, 3.8) is 0 Å². The van der Waals surface area contributed by atoms with Crippen LogP contribution in [0.25, 0.3) is 0 Å². The van der Waals surface area contributed by atoms with Gasteiger partial charge in [0.1, 0.15) is 0 Å². The van der Waals surface area contributed by atoms with Gasteiger partial charge in [-0.25, -0.2) is 4.79 Å². The Kier molecular flexibility index (Phi) is 3.42. The monoisotopic (exact) mass is 299 g/mol. The lowest BCUT2D eigenvalue weighted by molar-refractivity contribution is 0.191. The zero-order valence-electron chi connectivity index (χ0n) is 9.19. The summed E-state index contributed by atoms with van der Waals surface area (Å²) >= 11 is 3.41. The maximum Gasteiger partial charge on any atom is 0.404 e. The largest absolute Gasteiger partial charge is 0.465 e. The number of anilines is 2. The maximum absolute atomic E-state index is 10.6. The van der Waals surface area contributed by atoms with Crippen LogP contribution in [0.2, 0.25) is 0 Å². The summed E-state index contributed by atoms with van der Waals surface area (Å²) in [6, 6.07) is 5.67. The molecule has 17 heavy (non-hydrogen) atoms. The lowest BCUT2D eigenvalue weighted by atomic mass is 10.2. The lowest BCUT2D eigenvalue weighted by Crippen LogP contribution is -2.36. The Hall–Kier alpha value is -1.43. The molecule has 1 amide bonds. The average Bonchev–Trinajstić information content (AvgIpc) is 2.69. The first kappa shape index (κ1) is 12.0. The molecule has 0 radical (unpaired) electrons. The van der Waals surface area contributed by atoms with Crippen molar-refractivity contribution in [2.45, 2.75) is 12.5 Å². The van der Waals surface area contributed by atoms with Crippen molar-refractivity contribution in [1.82, 2.24) is 5.32 Å². The Labute approximate surface area is 108 Å². The Morgan fingerprint density at radius 2 is 2.35 bits per heavy atom. The summed E-state index contributed by atoms with van der Waals surface area (Å²) in [4.78, 5) is 12.7. The molecule has 0 aliphatic carbocycles. The van der Waals surface area contributed by atoms with E-state index in [0.29, 0.717) is 12.2 Å². The molecular weight excluding hydrogens is 286 g/mol. The molecule has 92 valence electrons. The van der Waals surface area contributed by atoms with E-state index in [1.807, 2.05) is 18.2 Å². The highest BCUT2D eigenvalue weighted by Gasteiger charge is 2.25. The molecule has 1 aliphatic rings. The Bertz CT molecular complexity index is 439. The fourth-order valence-corrected chi connectivity index (χ4v) is 2.41. The van der Waals surface area contributed by atoms with E-state index in [1.54, 1.807) is 0 Å². The average molecular weight is 300 g/mol. The summed E-state index contributed by atoms with van der Waals surface area (Å²) in [6.07, 6.45) is -0.169. The zero-order valence-corrected chi connectivity index (χ0v) is 10.8. The van der Waals surface area contributed by atoms with Gasteiger partial charge in [-0.05, 0) is 24.6 Å². The Balaban J connectivity index is 2.09. The standard InChI is InChI=1S/C11H14BrN3O2/c12-7-1-2-9(13)10(5-7)15-4-3-8(6-15)14-11(16)17/h1-2,5,8,14H,3-4,6,13H2,(H,16,17)/t8-/m0/s1. The number of nitrogen functional groups attached to an aromatic ring is 1. The number of nitrogens with two attached hydrogens (primary N) is 1. The quantitative estimate of drug-likeness (QED) is 0.729. The number of carboxylic acid groups (broad SMARTS) is 1. The van der Waals surface area contributed by atoms with Crippen molar-refractivity contribution < 1.29 is 9.90 Å². The van der Waals surface area contributed by atoms with Crippen molar-refractivity contribution in [1.29, 1.82) is 0 Å². The van der Waals surface area contributed by atoms with Gasteiger partial charge >= 0.3 is 6.09 Å².